The van der Waals surface area contributed by atoms with E-state index in [2.05, 4.69) is 0 Å². The normalized spacial score (nSPS) is 18.8. The van der Waals surface area contributed by atoms with Crippen molar-refractivity contribution in [2.24, 2.45) is 0 Å². The van der Waals surface area contributed by atoms with E-state index in [4.69, 9.17) is 4.74 Å². The smallest absolute Gasteiger partial charge is 0.219 e. The second kappa shape index (κ2) is 5.87. The predicted molar refractivity (Wildman–Crippen MR) is 68.2 cm³/mol. The van der Waals surface area contributed by atoms with E-state index in [9.17, 15) is 9.90 Å². The fourth-order valence-electron chi connectivity index (χ4n) is 2.19. The first kappa shape index (κ1) is 12.9. The van der Waals surface area contributed by atoms with Gasteiger partial charge in [0.15, 0.2) is 0 Å². The van der Waals surface area contributed by atoms with Crippen molar-refractivity contribution in [2.45, 2.75) is 32.4 Å². The highest BCUT2D eigenvalue weighted by Gasteiger charge is 2.21. The third kappa shape index (κ3) is 3.23. The number of hydrogen-bond donors (Lipinski definition) is 1. The van der Waals surface area contributed by atoms with Gasteiger partial charge in [-0.1, -0.05) is 18.2 Å². The van der Waals surface area contributed by atoms with Gasteiger partial charge in [-0.05, 0) is 18.9 Å². The number of amides is 1. The predicted octanol–water partition coefficient (Wildman–Crippen LogP) is 1.92. The molecule has 4 nitrogen and oxygen atoms in total. The van der Waals surface area contributed by atoms with Crippen molar-refractivity contribution in [3.8, 4) is 5.75 Å². The Morgan fingerprint density at radius 1 is 1.50 bits per heavy atom. The molecule has 1 N–H and O–H groups in total. The first-order valence-electron chi connectivity index (χ1n) is 6.31. The summed E-state index contributed by atoms with van der Waals surface area (Å²) in [4.78, 5) is 13.4. The Labute approximate surface area is 107 Å². The van der Waals surface area contributed by atoms with Crippen LogP contribution < -0.4 is 0 Å². The highest BCUT2D eigenvalue weighted by atomic mass is 16.5. The molecule has 4 heteroatoms. The summed E-state index contributed by atoms with van der Waals surface area (Å²) in [6.45, 7) is 3.37. The molecule has 2 rings (SSSR count). The third-order valence-corrected chi connectivity index (χ3v) is 3.25. The molecule has 0 radical (unpaired) electrons. The summed E-state index contributed by atoms with van der Waals surface area (Å²) in [5, 5.41) is 9.73. The van der Waals surface area contributed by atoms with Crippen molar-refractivity contribution >= 4 is 5.91 Å². The molecule has 0 aromatic heterocycles. The number of phenols is 1. The van der Waals surface area contributed by atoms with Crippen LogP contribution in [0.2, 0.25) is 0 Å². The Morgan fingerprint density at radius 3 is 2.89 bits per heavy atom. The minimum atomic E-state index is 0.00810. The van der Waals surface area contributed by atoms with E-state index >= 15 is 0 Å². The van der Waals surface area contributed by atoms with Crippen LogP contribution in [0.1, 0.15) is 25.3 Å². The molecule has 1 unspecified atom stereocenters. The molecule has 0 spiro atoms. The maximum absolute atomic E-state index is 11.6. The van der Waals surface area contributed by atoms with E-state index in [0.717, 1.165) is 25.0 Å². The van der Waals surface area contributed by atoms with Crippen molar-refractivity contribution in [1.82, 2.24) is 4.90 Å². The zero-order chi connectivity index (χ0) is 13.0. The lowest BCUT2D eigenvalue weighted by molar-refractivity contribution is -0.131. The standard InChI is InChI=1S/C14H19NO3/c1-11(16)15(10-13-6-4-8-18-13)9-12-5-2-3-7-14(12)17/h2-3,5,7,13,17H,4,6,8-10H2,1H3. The highest BCUT2D eigenvalue weighted by Crippen LogP contribution is 2.20. The van der Waals surface area contributed by atoms with Crippen LogP contribution in [0, 0.1) is 0 Å². The van der Waals surface area contributed by atoms with Gasteiger partial charge in [0.05, 0.1) is 6.10 Å². The topological polar surface area (TPSA) is 49.8 Å². The lowest BCUT2D eigenvalue weighted by Crippen LogP contribution is -2.35. The highest BCUT2D eigenvalue weighted by molar-refractivity contribution is 5.73. The summed E-state index contributed by atoms with van der Waals surface area (Å²) in [7, 11) is 0. The van der Waals surface area contributed by atoms with Crippen LogP contribution in [0.5, 0.6) is 5.75 Å². The zero-order valence-corrected chi connectivity index (χ0v) is 10.6. The number of carbonyl (C=O) groups excluding carboxylic acids is 1. The number of rotatable bonds is 4. The lowest BCUT2D eigenvalue weighted by Gasteiger charge is -2.24. The summed E-state index contributed by atoms with van der Waals surface area (Å²) < 4.78 is 5.55. The van der Waals surface area contributed by atoms with Gasteiger partial charge in [-0.15, -0.1) is 0 Å². The number of para-hydroxylation sites is 1. The maximum atomic E-state index is 11.6. The molecular formula is C14H19NO3. The number of carbonyl (C=O) groups is 1. The van der Waals surface area contributed by atoms with Crippen LogP contribution in [-0.4, -0.2) is 35.2 Å². The molecule has 1 amide bonds. The molecule has 0 saturated carbocycles. The van der Waals surface area contributed by atoms with E-state index in [-0.39, 0.29) is 17.8 Å². The molecule has 98 valence electrons. The Bertz CT molecular complexity index is 413. The van der Waals surface area contributed by atoms with Crippen LogP contribution in [0.4, 0.5) is 0 Å². The van der Waals surface area contributed by atoms with Crippen LogP contribution in [-0.2, 0) is 16.1 Å². The quantitative estimate of drug-likeness (QED) is 0.887. The molecule has 1 aliphatic heterocycles. The Hall–Kier alpha value is -1.55. The van der Waals surface area contributed by atoms with Crippen molar-refractivity contribution < 1.29 is 14.6 Å². The summed E-state index contributed by atoms with van der Waals surface area (Å²) in [5.74, 6) is 0.241. The number of ether oxygens (including phenoxy) is 1. The molecular weight excluding hydrogens is 230 g/mol. The zero-order valence-electron chi connectivity index (χ0n) is 10.6. The van der Waals surface area contributed by atoms with Crippen LogP contribution >= 0.6 is 0 Å². The average Bonchev–Trinajstić information content (AvgIpc) is 2.83. The fourth-order valence-corrected chi connectivity index (χ4v) is 2.19. The van der Waals surface area contributed by atoms with Gasteiger partial charge in [-0.25, -0.2) is 0 Å². The van der Waals surface area contributed by atoms with Gasteiger partial charge < -0.3 is 14.7 Å². The summed E-state index contributed by atoms with van der Waals surface area (Å²) >= 11 is 0. The first-order chi connectivity index (χ1) is 8.66. The first-order valence-corrected chi connectivity index (χ1v) is 6.31. The van der Waals surface area contributed by atoms with Crippen LogP contribution in [0.3, 0.4) is 0 Å². The van der Waals surface area contributed by atoms with E-state index in [0.29, 0.717) is 13.1 Å². The van der Waals surface area contributed by atoms with Crippen molar-refractivity contribution in [2.75, 3.05) is 13.2 Å². The van der Waals surface area contributed by atoms with Crippen molar-refractivity contribution in [3.05, 3.63) is 29.8 Å². The molecule has 18 heavy (non-hydrogen) atoms. The second-order valence-corrected chi connectivity index (χ2v) is 4.66. The number of phenolic OH excluding ortho intramolecular Hbond substituents is 1. The van der Waals surface area contributed by atoms with Crippen molar-refractivity contribution in [1.29, 1.82) is 0 Å². The van der Waals surface area contributed by atoms with Crippen molar-refractivity contribution in [3.63, 3.8) is 0 Å². The van der Waals surface area contributed by atoms with Gasteiger partial charge in [0.1, 0.15) is 5.75 Å². The molecule has 1 aromatic rings. The Morgan fingerprint density at radius 2 is 2.28 bits per heavy atom. The molecule has 1 saturated heterocycles. The summed E-state index contributed by atoms with van der Waals surface area (Å²) in [6, 6.07) is 7.11. The molecule has 0 aliphatic carbocycles. The molecule has 1 aromatic carbocycles. The molecule has 1 atom stereocenters. The molecule has 1 aliphatic rings. The van der Waals surface area contributed by atoms with E-state index in [1.165, 1.54) is 0 Å². The Kier molecular flexibility index (Phi) is 4.20. The minimum absolute atomic E-state index is 0.00810. The van der Waals surface area contributed by atoms with Gasteiger partial charge >= 0.3 is 0 Å². The number of aromatic hydroxyl groups is 1. The molecule has 1 heterocycles. The van der Waals surface area contributed by atoms with Crippen LogP contribution in [0.25, 0.3) is 0 Å². The third-order valence-electron chi connectivity index (χ3n) is 3.25. The van der Waals surface area contributed by atoms with E-state index < -0.39 is 0 Å². The van der Waals surface area contributed by atoms with Gasteiger partial charge in [0, 0.05) is 32.2 Å². The molecule has 1 fully saturated rings. The number of hydrogen-bond acceptors (Lipinski definition) is 3. The van der Waals surface area contributed by atoms with E-state index in [1.54, 1.807) is 24.0 Å². The van der Waals surface area contributed by atoms with E-state index in [1.807, 2.05) is 12.1 Å². The monoisotopic (exact) mass is 249 g/mol. The van der Waals surface area contributed by atoms with Gasteiger partial charge in [-0.2, -0.15) is 0 Å². The largest absolute Gasteiger partial charge is 0.508 e. The molecule has 0 bridgehead atoms. The summed E-state index contributed by atoms with van der Waals surface area (Å²) in [6.07, 6.45) is 2.21. The number of benzene rings is 1. The average molecular weight is 249 g/mol. The maximum Gasteiger partial charge on any atom is 0.219 e. The van der Waals surface area contributed by atoms with Gasteiger partial charge in [0.25, 0.3) is 0 Å². The van der Waals surface area contributed by atoms with Crippen LogP contribution in [0.15, 0.2) is 24.3 Å². The SMILES string of the molecule is CC(=O)N(Cc1ccccc1O)CC1CCCO1. The summed E-state index contributed by atoms with van der Waals surface area (Å²) in [5.41, 5.74) is 0.769. The second-order valence-electron chi connectivity index (χ2n) is 4.66. The number of nitrogens with zero attached hydrogens (tertiary/aromatic N) is 1. The van der Waals surface area contributed by atoms with Gasteiger partial charge in [0.2, 0.25) is 5.91 Å². The Balaban J connectivity index is 2.02. The fraction of sp³-hybridized carbons (Fsp3) is 0.500. The van der Waals surface area contributed by atoms with Gasteiger partial charge in [-0.3, -0.25) is 4.79 Å². The minimum Gasteiger partial charge on any atom is -0.508 e. The lowest BCUT2D eigenvalue weighted by atomic mass is 10.1.